The third-order valence-electron chi connectivity index (χ3n) is 3.05. The minimum atomic E-state index is -0.728. The van der Waals surface area contributed by atoms with Crippen molar-refractivity contribution in [1.82, 2.24) is 9.55 Å². The van der Waals surface area contributed by atoms with Crippen molar-refractivity contribution in [3.05, 3.63) is 52.0 Å². The summed E-state index contributed by atoms with van der Waals surface area (Å²) in [5, 5.41) is 0. The van der Waals surface area contributed by atoms with E-state index in [2.05, 4.69) is 20.9 Å². The van der Waals surface area contributed by atoms with Gasteiger partial charge in [-0.1, -0.05) is 6.07 Å². The predicted octanol–water partition coefficient (Wildman–Crippen LogP) is 3.96. The number of fused-ring (bicyclic) bond motifs is 1. The van der Waals surface area contributed by atoms with Crippen molar-refractivity contribution in [2.45, 2.75) is 6.92 Å². The van der Waals surface area contributed by atoms with Gasteiger partial charge in [-0.25, -0.2) is 13.8 Å². The van der Waals surface area contributed by atoms with Gasteiger partial charge in [-0.3, -0.25) is 4.57 Å². The molecule has 0 aliphatic rings. The molecule has 0 unspecified atom stereocenters. The Balaban J connectivity index is 2.42. The van der Waals surface area contributed by atoms with Gasteiger partial charge < -0.3 is 5.73 Å². The molecule has 0 aliphatic heterocycles. The van der Waals surface area contributed by atoms with Crippen LogP contribution in [0.2, 0.25) is 0 Å². The van der Waals surface area contributed by atoms with Crippen LogP contribution >= 0.6 is 15.9 Å². The maximum absolute atomic E-state index is 13.8. The van der Waals surface area contributed by atoms with Crippen LogP contribution in [0, 0.1) is 18.6 Å². The van der Waals surface area contributed by atoms with Gasteiger partial charge in [-0.05, 0) is 40.5 Å². The third kappa shape index (κ3) is 1.96. The van der Waals surface area contributed by atoms with Gasteiger partial charge in [0.15, 0.2) is 5.82 Å². The van der Waals surface area contributed by atoms with E-state index >= 15 is 0 Å². The number of imidazole rings is 1. The van der Waals surface area contributed by atoms with Crippen molar-refractivity contribution >= 4 is 32.9 Å². The second-order valence-electron chi connectivity index (χ2n) is 4.52. The van der Waals surface area contributed by atoms with E-state index < -0.39 is 11.6 Å². The van der Waals surface area contributed by atoms with E-state index in [1.54, 1.807) is 0 Å². The first-order valence-corrected chi connectivity index (χ1v) is 6.66. The first kappa shape index (κ1) is 13.1. The SMILES string of the molecule is Cc1ccc(Br)c(-n2c(N)nc3c(F)cc(F)cc32)c1. The summed E-state index contributed by atoms with van der Waals surface area (Å²) in [5.41, 5.74) is 7.91. The van der Waals surface area contributed by atoms with Gasteiger partial charge in [0.25, 0.3) is 0 Å². The molecule has 0 saturated heterocycles. The fourth-order valence-electron chi connectivity index (χ4n) is 2.17. The molecule has 3 rings (SSSR count). The molecule has 0 bridgehead atoms. The number of rotatable bonds is 1. The van der Waals surface area contributed by atoms with E-state index in [0.29, 0.717) is 11.2 Å². The number of aromatic nitrogens is 2. The lowest BCUT2D eigenvalue weighted by Crippen LogP contribution is -2.02. The highest BCUT2D eigenvalue weighted by molar-refractivity contribution is 9.10. The molecule has 102 valence electrons. The Kier molecular flexibility index (Phi) is 2.97. The normalized spacial score (nSPS) is 11.2. The molecule has 0 atom stereocenters. The highest BCUT2D eigenvalue weighted by Gasteiger charge is 2.16. The van der Waals surface area contributed by atoms with Crippen molar-refractivity contribution in [2.75, 3.05) is 5.73 Å². The first-order valence-electron chi connectivity index (χ1n) is 5.87. The molecule has 0 fully saturated rings. The minimum Gasteiger partial charge on any atom is -0.369 e. The van der Waals surface area contributed by atoms with Crippen molar-refractivity contribution in [3.63, 3.8) is 0 Å². The maximum atomic E-state index is 13.8. The minimum absolute atomic E-state index is 0.0531. The maximum Gasteiger partial charge on any atom is 0.206 e. The smallest absolute Gasteiger partial charge is 0.206 e. The molecule has 3 aromatic rings. The van der Waals surface area contributed by atoms with Gasteiger partial charge in [-0.2, -0.15) is 0 Å². The van der Waals surface area contributed by atoms with Crippen LogP contribution in [0.25, 0.3) is 16.7 Å². The summed E-state index contributed by atoms with van der Waals surface area (Å²) in [4.78, 5) is 3.98. The Bertz CT molecular complexity index is 827. The summed E-state index contributed by atoms with van der Waals surface area (Å²) < 4.78 is 29.5. The zero-order valence-corrected chi connectivity index (χ0v) is 12.1. The molecular weight excluding hydrogens is 328 g/mol. The van der Waals surface area contributed by atoms with Crippen LogP contribution in [-0.4, -0.2) is 9.55 Å². The van der Waals surface area contributed by atoms with Gasteiger partial charge in [0, 0.05) is 16.6 Å². The Morgan fingerprint density at radius 3 is 2.70 bits per heavy atom. The highest BCUT2D eigenvalue weighted by atomic mass is 79.9. The number of nitrogen functional groups attached to an aromatic ring is 1. The van der Waals surface area contributed by atoms with Crippen molar-refractivity contribution in [1.29, 1.82) is 0 Å². The van der Waals surface area contributed by atoms with Crippen LogP contribution in [0.5, 0.6) is 0 Å². The molecule has 0 radical (unpaired) electrons. The van der Waals surface area contributed by atoms with Crippen LogP contribution in [0.15, 0.2) is 34.8 Å². The molecule has 2 N–H and O–H groups in total. The van der Waals surface area contributed by atoms with Gasteiger partial charge in [0.05, 0.1) is 11.2 Å². The van der Waals surface area contributed by atoms with Crippen LogP contribution in [0.4, 0.5) is 14.7 Å². The summed E-state index contributed by atoms with van der Waals surface area (Å²) >= 11 is 3.42. The summed E-state index contributed by atoms with van der Waals surface area (Å²) in [6.07, 6.45) is 0. The molecule has 1 aromatic heterocycles. The Hall–Kier alpha value is -1.95. The average molecular weight is 338 g/mol. The summed E-state index contributed by atoms with van der Waals surface area (Å²) in [6, 6.07) is 7.65. The largest absolute Gasteiger partial charge is 0.369 e. The molecule has 20 heavy (non-hydrogen) atoms. The second kappa shape index (κ2) is 4.56. The highest BCUT2D eigenvalue weighted by Crippen LogP contribution is 2.30. The quantitative estimate of drug-likeness (QED) is 0.730. The number of benzene rings is 2. The molecule has 0 aliphatic carbocycles. The Labute approximate surface area is 122 Å². The molecular formula is C14H10BrF2N3. The lowest BCUT2D eigenvalue weighted by molar-refractivity contribution is 0.590. The molecule has 0 amide bonds. The van der Waals surface area contributed by atoms with Crippen molar-refractivity contribution in [3.8, 4) is 5.69 Å². The number of halogens is 3. The van der Waals surface area contributed by atoms with Crippen molar-refractivity contribution in [2.24, 2.45) is 0 Å². The summed E-state index contributed by atoms with van der Waals surface area (Å²) in [5.74, 6) is -1.29. The molecule has 1 heterocycles. The lowest BCUT2D eigenvalue weighted by Gasteiger charge is -2.10. The molecule has 3 nitrogen and oxygen atoms in total. The van der Waals surface area contributed by atoms with E-state index in [0.717, 1.165) is 16.1 Å². The second-order valence-corrected chi connectivity index (χ2v) is 5.37. The van der Waals surface area contributed by atoms with Gasteiger partial charge in [-0.15, -0.1) is 0 Å². The monoisotopic (exact) mass is 337 g/mol. The number of nitrogens with zero attached hydrogens (tertiary/aromatic N) is 2. The van der Waals surface area contributed by atoms with E-state index in [1.165, 1.54) is 10.6 Å². The van der Waals surface area contributed by atoms with Crippen LogP contribution in [-0.2, 0) is 0 Å². The number of aryl methyl sites for hydroxylation is 1. The van der Waals surface area contributed by atoms with E-state index in [1.807, 2.05) is 25.1 Å². The van der Waals surface area contributed by atoms with Gasteiger partial charge in [0.2, 0.25) is 5.95 Å². The zero-order chi connectivity index (χ0) is 14.4. The average Bonchev–Trinajstić information content (AvgIpc) is 2.69. The summed E-state index contributed by atoms with van der Waals surface area (Å²) in [7, 11) is 0. The molecule has 0 saturated carbocycles. The van der Waals surface area contributed by atoms with Crippen molar-refractivity contribution < 1.29 is 8.78 Å². The van der Waals surface area contributed by atoms with Gasteiger partial charge >= 0.3 is 0 Å². The van der Waals surface area contributed by atoms with E-state index in [4.69, 9.17) is 5.73 Å². The third-order valence-corrected chi connectivity index (χ3v) is 3.72. The van der Waals surface area contributed by atoms with Crippen LogP contribution in [0.3, 0.4) is 0 Å². The van der Waals surface area contributed by atoms with Crippen LogP contribution in [0.1, 0.15) is 5.56 Å². The van der Waals surface area contributed by atoms with Crippen LogP contribution < -0.4 is 5.73 Å². The van der Waals surface area contributed by atoms with Gasteiger partial charge in [0.1, 0.15) is 11.3 Å². The lowest BCUT2D eigenvalue weighted by atomic mass is 10.2. The Morgan fingerprint density at radius 1 is 1.20 bits per heavy atom. The number of hydrogen-bond acceptors (Lipinski definition) is 2. The number of nitrogens with two attached hydrogens (primary N) is 1. The topological polar surface area (TPSA) is 43.8 Å². The zero-order valence-electron chi connectivity index (χ0n) is 10.5. The fourth-order valence-corrected chi connectivity index (χ4v) is 2.59. The number of anilines is 1. The van der Waals surface area contributed by atoms with E-state index in [-0.39, 0.29) is 11.5 Å². The number of hydrogen-bond donors (Lipinski definition) is 1. The standard InChI is InChI=1S/C14H10BrF2N3/c1-7-2-3-9(15)11(4-7)20-12-6-8(16)5-10(17)13(12)19-14(20)18/h2-6H,1H3,(H2,18,19). The molecule has 2 aromatic carbocycles. The molecule has 6 heteroatoms. The predicted molar refractivity (Wildman–Crippen MR) is 77.8 cm³/mol. The Morgan fingerprint density at radius 2 is 1.95 bits per heavy atom. The first-order chi connectivity index (χ1) is 9.47. The molecule has 0 spiro atoms. The fraction of sp³-hybridized carbons (Fsp3) is 0.0714. The van der Waals surface area contributed by atoms with E-state index in [9.17, 15) is 8.78 Å². The summed E-state index contributed by atoms with van der Waals surface area (Å²) in [6.45, 7) is 1.92.